The van der Waals surface area contributed by atoms with Crippen LogP contribution in [-0.2, 0) is 10.0 Å². The van der Waals surface area contributed by atoms with Crippen LogP contribution in [0.3, 0.4) is 0 Å². The van der Waals surface area contributed by atoms with E-state index in [0.717, 1.165) is 30.5 Å². The maximum Gasteiger partial charge on any atom is 0.276 e. The Morgan fingerprint density at radius 2 is 1.91 bits per heavy atom. The molecule has 0 atom stereocenters. The van der Waals surface area contributed by atoms with Gasteiger partial charge in [-0.3, -0.25) is 0 Å². The number of nitrogens with zero attached hydrogens (tertiary/aromatic N) is 1. The van der Waals surface area contributed by atoms with Gasteiger partial charge in [0.1, 0.15) is 5.82 Å². The molecule has 122 valence electrons. The third kappa shape index (κ3) is 3.91. The molecular formula is C14H12ClFN2O4S. The molecule has 23 heavy (non-hydrogen) atoms. The molecule has 0 radical (unpaired) electrons. The molecule has 0 amide bonds. The van der Waals surface area contributed by atoms with Crippen LogP contribution in [0.2, 0.25) is 5.02 Å². The fraction of sp³-hybridized carbons (Fsp3) is 0.0714. The van der Waals surface area contributed by atoms with E-state index < -0.39 is 15.8 Å². The van der Waals surface area contributed by atoms with Crippen molar-refractivity contribution in [2.45, 2.75) is 4.90 Å². The van der Waals surface area contributed by atoms with Gasteiger partial charge in [0.15, 0.2) is 11.5 Å². The number of hydrazone groups is 1. The van der Waals surface area contributed by atoms with E-state index in [2.05, 4.69) is 5.10 Å². The molecule has 0 aliphatic heterocycles. The number of benzene rings is 2. The van der Waals surface area contributed by atoms with E-state index in [-0.39, 0.29) is 27.0 Å². The molecule has 2 N–H and O–H groups in total. The Labute approximate surface area is 137 Å². The second kappa shape index (κ2) is 6.84. The number of phenols is 1. The van der Waals surface area contributed by atoms with E-state index in [4.69, 9.17) is 16.3 Å². The number of nitrogens with one attached hydrogen (secondary N) is 1. The van der Waals surface area contributed by atoms with Gasteiger partial charge in [0.05, 0.1) is 23.2 Å². The average molecular weight is 359 g/mol. The highest BCUT2D eigenvalue weighted by molar-refractivity contribution is 7.89. The lowest BCUT2D eigenvalue weighted by atomic mass is 10.2. The highest BCUT2D eigenvalue weighted by atomic mass is 35.5. The largest absolute Gasteiger partial charge is 0.503 e. The van der Waals surface area contributed by atoms with Crippen molar-refractivity contribution in [1.29, 1.82) is 0 Å². The second-order valence-corrected chi connectivity index (χ2v) is 6.37. The lowest BCUT2D eigenvalue weighted by molar-refractivity contribution is 0.373. The lowest BCUT2D eigenvalue weighted by Gasteiger charge is -2.07. The lowest BCUT2D eigenvalue weighted by Crippen LogP contribution is -2.18. The van der Waals surface area contributed by atoms with Gasteiger partial charge in [-0.05, 0) is 36.4 Å². The average Bonchev–Trinajstić information content (AvgIpc) is 2.52. The Balaban J connectivity index is 2.18. The Bertz CT molecular complexity index is 839. The molecule has 0 saturated heterocycles. The zero-order valence-electron chi connectivity index (χ0n) is 11.8. The van der Waals surface area contributed by atoms with Gasteiger partial charge in [-0.2, -0.15) is 13.5 Å². The van der Waals surface area contributed by atoms with Crippen molar-refractivity contribution in [1.82, 2.24) is 4.83 Å². The van der Waals surface area contributed by atoms with Gasteiger partial charge in [0.2, 0.25) is 0 Å². The van der Waals surface area contributed by atoms with Crippen LogP contribution in [0.5, 0.6) is 11.5 Å². The highest BCUT2D eigenvalue weighted by Gasteiger charge is 2.13. The van der Waals surface area contributed by atoms with Gasteiger partial charge >= 0.3 is 0 Å². The van der Waals surface area contributed by atoms with Gasteiger partial charge in [-0.1, -0.05) is 11.6 Å². The van der Waals surface area contributed by atoms with Crippen LogP contribution in [0, 0.1) is 5.82 Å². The van der Waals surface area contributed by atoms with Crippen molar-refractivity contribution in [3.63, 3.8) is 0 Å². The molecule has 2 rings (SSSR count). The smallest absolute Gasteiger partial charge is 0.276 e. The van der Waals surface area contributed by atoms with Crippen LogP contribution in [-0.4, -0.2) is 26.8 Å². The predicted octanol–water partition coefficient (Wildman–Crippen LogP) is 2.51. The van der Waals surface area contributed by atoms with Crippen LogP contribution in [0.4, 0.5) is 4.39 Å². The number of ether oxygens (including phenoxy) is 1. The van der Waals surface area contributed by atoms with Gasteiger partial charge in [-0.25, -0.2) is 9.22 Å². The molecule has 0 saturated carbocycles. The third-order valence-corrected chi connectivity index (χ3v) is 4.47. The van der Waals surface area contributed by atoms with Crippen LogP contribution >= 0.6 is 11.6 Å². The summed E-state index contributed by atoms with van der Waals surface area (Å²) in [4.78, 5) is 1.83. The topological polar surface area (TPSA) is 88.0 Å². The monoisotopic (exact) mass is 358 g/mol. The summed E-state index contributed by atoms with van der Waals surface area (Å²) in [6.07, 6.45) is 1.13. The summed E-state index contributed by atoms with van der Waals surface area (Å²) >= 11 is 5.92. The molecule has 0 heterocycles. The quantitative estimate of drug-likeness (QED) is 0.635. The van der Waals surface area contributed by atoms with Crippen molar-refractivity contribution in [3.05, 3.63) is 52.8 Å². The van der Waals surface area contributed by atoms with Crippen molar-refractivity contribution in [2.24, 2.45) is 5.10 Å². The van der Waals surface area contributed by atoms with Gasteiger partial charge in [-0.15, -0.1) is 0 Å². The second-order valence-electron chi connectivity index (χ2n) is 4.33. The predicted molar refractivity (Wildman–Crippen MR) is 84.0 cm³/mol. The molecule has 0 bridgehead atoms. The summed E-state index contributed by atoms with van der Waals surface area (Å²) in [7, 11) is -2.56. The highest BCUT2D eigenvalue weighted by Crippen LogP contribution is 2.35. The van der Waals surface area contributed by atoms with E-state index >= 15 is 0 Å². The number of sulfonamides is 1. The first-order valence-corrected chi connectivity index (χ1v) is 8.07. The molecule has 0 spiro atoms. The summed E-state index contributed by atoms with van der Waals surface area (Å²) in [5.74, 6) is -0.647. The van der Waals surface area contributed by atoms with E-state index in [1.807, 2.05) is 4.83 Å². The van der Waals surface area contributed by atoms with Crippen molar-refractivity contribution < 1.29 is 22.7 Å². The molecule has 0 aromatic heterocycles. The SMILES string of the molecule is COc1ccc(/C=N/NS(=O)(=O)c2ccc(F)cc2)c(Cl)c1O. The molecule has 0 aliphatic rings. The molecule has 2 aromatic rings. The number of aromatic hydroxyl groups is 1. The van der Waals surface area contributed by atoms with E-state index in [1.165, 1.54) is 19.2 Å². The van der Waals surface area contributed by atoms with Crippen LogP contribution < -0.4 is 9.57 Å². The molecule has 6 nitrogen and oxygen atoms in total. The molecular weight excluding hydrogens is 347 g/mol. The van der Waals surface area contributed by atoms with Crippen LogP contribution in [0.25, 0.3) is 0 Å². The fourth-order valence-corrected chi connectivity index (χ4v) is 2.65. The zero-order valence-corrected chi connectivity index (χ0v) is 13.4. The van der Waals surface area contributed by atoms with Crippen LogP contribution in [0.1, 0.15) is 5.56 Å². The molecule has 0 unspecified atom stereocenters. The van der Waals surface area contributed by atoms with E-state index in [1.54, 1.807) is 0 Å². The van der Waals surface area contributed by atoms with Crippen LogP contribution in [0.15, 0.2) is 46.4 Å². The Morgan fingerprint density at radius 3 is 2.52 bits per heavy atom. The van der Waals surface area contributed by atoms with Crippen molar-refractivity contribution >= 4 is 27.8 Å². The summed E-state index contributed by atoms with van der Waals surface area (Å²) < 4.78 is 41.6. The normalized spacial score (nSPS) is 11.6. The number of phenolic OH excluding ortho intramolecular Hbond substituents is 1. The first-order chi connectivity index (χ1) is 10.8. The van der Waals surface area contributed by atoms with E-state index in [9.17, 15) is 17.9 Å². The maximum absolute atomic E-state index is 12.8. The molecule has 2 aromatic carbocycles. The summed E-state index contributed by atoms with van der Waals surface area (Å²) in [5.41, 5.74) is 0.284. The first kappa shape index (κ1) is 17.0. The van der Waals surface area contributed by atoms with Gasteiger partial charge in [0.25, 0.3) is 10.0 Å². The maximum atomic E-state index is 12.8. The third-order valence-electron chi connectivity index (χ3n) is 2.83. The molecule has 0 aliphatic carbocycles. The minimum Gasteiger partial charge on any atom is -0.503 e. The Hall–Kier alpha value is -2.32. The molecule has 0 fully saturated rings. The number of methoxy groups -OCH3 is 1. The van der Waals surface area contributed by atoms with Crippen molar-refractivity contribution in [2.75, 3.05) is 7.11 Å². The van der Waals surface area contributed by atoms with Crippen molar-refractivity contribution in [3.8, 4) is 11.5 Å². The standard InChI is InChI=1S/C14H12ClFN2O4S/c1-22-12-7-2-9(13(15)14(12)19)8-17-18-23(20,21)11-5-3-10(16)4-6-11/h2-8,18-19H,1H3/b17-8+. The number of hydrogen-bond donors (Lipinski definition) is 2. The van der Waals surface area contributed by atoms with Gasteiger partial charge < -0.3 is 9.84 Å². The van der Waals surface area contributed by atoms with E-state index in [0.29, 0.717) is 0 Å². The zero-order chi connectivity index (χ0) is 17.0. The summed E-state index contributed by atoms with van der Waals surface area (Å²) in [6, 6.07) is 7.22. The number of rotatable bonds is 5. The summed E-state index contributed by atoms with van der Waals surface area (Å²) in [5, 5.41) is 13.3. The Kier molecular flexibility index (Phi) is 5.07. The first-order valence-electron chi connectivity index (χ1n) is 6.21. The number of hydrogen-bond acceptors (Lipinski definition) is 5. The fourth-order valence-electron chi connectivity index (χ4n) is 1.66. The van der Waals surface area contributed by atoms with Gasteiger partial charge in [0, 0.05) is 5.56 Å². The summed E-state index contributed by atoms with van der Waals surface area (Å²) in [6.45, 7) is 0. The number of halogens is 2. The minimum absolute atomic E-state index is 0.0333. The molecule has 9 heteroatoms. The Morgan fingerprint density at radius 1 is 1.26 bits per heavy atom. The minimum atomic E-state index is -3.93.